The Morgan fingerprint density at radius 1 is 1.57 bits per heavy atom. The fraction of sp³-hybridized carbons (Fsp3) is 1.00. The van der Waals surface area contributed by atoms with Crippen molar-refractivity contribution < 1.29 is 9.84 Å². The third-order valence-corrected chi connectivity index (χ3v) is 0.440. The number of aliphatic hydroxyl groups is 1. The molecule has 0 aliphatic heterocycles. The van der Waals surface area contributed by atoms with Crippen LogP contribution in [0, 0.1) is 0 Å². The number of ether oxygens (including phenoxy) is 1. The zero-order chi connectivity index (χ0) is 4.83. The molecule has 1 N–H and O–H groups in total. The molecule has 0 spiro atoms. The molecule has 7 heavy (non-hydrogen) atoms. The maximum absolute atomic E-state index is 8.07. The average molecular weight is 229 g/mol. The van der Waals surface area contributed by atoms with Gasteiger partial charge in [-0.15, -0.1) is 0 Å². The van der Waals surface area contributed by atoms with Crippen LogP contribution in [-0.2, 0) is 4.74 Å². The van der Waals surface area contributed by atoms with Gasteiger partial charge in [-0.1, -0.05) is 0 Å². The first kappa shape index (κ1) is 11.3. The van der Waals surface area contributed by atoms with Gasteiger partial charge in [0.15, 0.2) is 0 Å². The van der Waals surface area contributed by atoms with Crippen molar-refractivity contribution in [3.63, 3.8) is 0 Å². The Hall–Kier alpha value is 1.49. The van der Waals surface area contributed by atoms with E-state index in [4.69, 9.17) is 9.84 Å². The Morgan fingerprint density at radius 3 is 2.29 bits per heavy atom. The van der Waals surface area contributed by atoms with Crippen molar-refractivity contribution in [1.29, 1.82) is 0 Å². The standard InChI is InChI=1S/C4H10O2.Ba.2H/c1-2-6-4-3-5;;;/h5H,2-4H2,1H3;;;. The quantitative estimate of drug-likeness (QED) is 0.502. The van der Waals surface area contributed by atoms with Crippen LogP contribution in [0.2, 0.25) is 0 Å². The van der Waals surface area contributed by atoms with Crippen molar-refractivity contribution in [3.8, 4) is 0 Å². The summed E-state index contributed by atoms with van der Waals surface area (Å²) in [5, 5.41) is 8.07. The van der Waals surface area contributed by atoms with Gasteiger partial charge in [-0.25, -0.2) is 0 Å². The van der Waals surface area contributed by atoms with E-state index in [1.165, 1.54) is 0 Å². The average Bonchev–Trinajstić information content (AvgIpc) is 1.61. The van der Waals surface area contributed by atoms with E-state index < -0.39 is 0 Å². The van der Waals surface area contributed by atoms with Crippen molar-refractivity contribution in [2.45, 2.75) is 6.92 Å². The summed E-state index contributed by atoms with van der Waals surface area (Å²) in [7, 11) is 0. The molecule has 0 unspecified atom stereocenters. The zero-order valence-corrected chi connectivity index (χ0v) is 3.98. The topological polar surface area (TPSA) is 29.5 Å². The molecule has 3 heteroatoms. The Balaban J connectivity index is 0. The Labute approximate surface area is 84.3 Å². The van der Waals surface area contributed by atoms with Crippen molar-refractivity contribution in [3.05, 3.63) is 0 Å². The van der Waals surface area contributed by atoms with Gasteiger partial charge >= 0.3 is 48.9 Å². The molecule has 0 fully saturated rings. The molecule has 0 aromatic carbocycles. The second-order valence-corrected chi connectivity index (χ2v) is 0.921. The monoisotopic (exact) mass is 230 g/mol. The van der Waals surface area contributed by atoms with Crippen LogP contribution in [0.3, 0.4) is 0 Å². The van der Waals surface area contributed by atoms with Gasteiger partial charge in [0, 0.05) is 6.61 Å². The molecule has 2 nitrogen and oxygen atoms in total. The Kier molecular flexibility index (Phi) is 16.9. The normalized spacial score (nSPS) is 7.71. The molecule has 0 saturated carbocycles. The van der Waals surface area contributed by atoms with E-state index in [0.717, 1.165) is 0 Å². The zero-order valence-electron chi connectivity index (χ0n) is 3.98. The fourth-order valence-electron chi connectivity index (χ4n) is 0.209. The van der Waals surface area contributed by atoms with E-state index in [1.807, 2.05) is 6.92 Å². The summed E-state index contributed by atoms with van der Waals surface area (Å²) in [5.41, 5.74) is 0. The SMILES string of the molecule is CCOCCO.[BaH2]. The minimum atomic E-state index is 0. The summed E-state index contributed by atoms with van der Waals surface area (Å²) in [6, 6.07) is 0. The molecule has 0 aromatic rings. The van der Waals surface area contributed by atoms with E-state index in [2.05, 4.69) is 0 Å². The van der Waals surface area contributed by atoms with Crippen LogP contribution < -0.4 is 0 Å². The van der Waals surface area contributed by atoms with E-state index in [9.17, 15) is 0 Å². The van der Waals surface area contributed by atoms with Gasteiger partial charge in [0.1, 0.15) is 0 Å². The molecule has 0 saturated heterocycles. The predicted octanol–water partition coefficient (Wildman–Crippen LogP) is -0.901. The maximum atomic E-state index is 8.07. The molecule has 42 valence electrons. The van der Waals surface area contributed by atoms with Crippen LogP contribution in [0.25, 0.3) is 0 Å². The van der Waals surface area contributed by atoms with Crippen molar-refractivity contribution in [2.24, 2.45) is 0 Å². The van der Waals surface area contributed by atoms with Crippen LogP contribution in [0.4, 0.5) is 0 Å². The van der Waals surface area contributed by atoms with Crippen LogP contribution in [0.15, 0.2) is 0 Å². The second-order valence-electron chi connectivity index (χ2n) is 0.921. The van der Waals surface area contributed by atoms with E-state index in [1.54, 1.807) is 0 Å². The molecule has 0 rings (SSSR count). The van der Waals surface area contributed by atoms with E-state index in [0.29, 0.717) is 13.2 Å². The van der Waals surface area contributed by atoms with Crippen molar-refractivity contribution >= 4 is 48.9 Å². The number of aliphatic hydroxyl groups excluding tert-OH is 1. The Bertz CT molecular complexity index is 21.7. The third kappa shape index (κ3) is 11.2. The summed E-state index contributed by atoms with van der Waals surface area (Å²) < 4.78 is 4.73. The summed E-state index contributed by atoms with van der Waals surface area (Å²) in [4.78, 5) is 0. The van der Waals surface area contributed by atoms with Gasteiger partial charge in [-0.2, -0.15) is 0 Å². The molecule has 0 heterocycles. The minimum absolute atomic E-state index is 0. The van der Waals surface area contributed by atoms with Crippen LogP contribution >= 0.6 is 0 Å². The summed E-state index contributed by atoms with van der Waals surface area (Å²) in [6.45, 7) is 3.20. The van der Waals surface area contributed by atoms with E-state index >= 15 is 0 Å². The summed E-state index contributed by atoms with van der Waals surface area (Å²) in [6.07, 6.45) is 0. The van der Waals surface area contributed by atoms with Crippen molar-refractivity contribution in [1.82, 2.24) is 0 Å². The van der Waals surface area contributed by atoms with Gasteiger partial charge in [0.05, 0.1) is 13.2 Å². The van der Waals surface area contributed by atoms with Crippen LogP contribution in [0.1, 0.15) is 6.92 Å². The van der Waals surface area contributed by atoms with Gasteiger partial charge in [0.25, 0.3) is 0 Å². The van der Waals surface area contributed by atoms with Crippen LogP contribution in [0.5, 0.6) is 0 Å². The molecule has 0 radical (unpaired) electrons. The third-order valence-electron chi connectivity index (χ3n) is 0.440. The molecule has 0 aliphatic rings. The number of hydrogen-bond donors (Lipinski definition) is 1. The first-order valence-corrected chi connectivity index (χ1v) is 2.10. The Morgan fingerprint density at radius 2 is 2.14 bits per heavy atom. The van der Waals surface area contributed by atoms with Gasteiger partial charge in [-0.3, -0.25) is 0 Å². The molecular formula is C4H12BaO2. The second kappa shape index (κ2) is 10.5. The van der Waals surface area contributed by atoms with Crippen molar-refractivity contribution in [2.75, 3.05) is 19.8 Å². The molecule has 0 atom stereocenters. The van der Waals surface area contributed by atoms with Crippen LogP contribution in [-0.4, -0.2) is 73.8 Å². The van der Waals surface area contributed by atoms with Gasteiger partial charge in [-0.05, 0) is 6.92 Å². The first-order chi connectivity index (χ1) is 2.91. The number of rotatable bonds is 3. The molecular weight excluding hydrogens is 217 g/mol. The van der Waals surface area contributed by atoms with Gasteiger partial charge in [0.2, 0.25) is 0 Å². The molecule has 0 aromatic heterocycles. The molecule has 0 aliphatic carbocycles. The first-order valence-electron chi connectivity index (χ1n) is 2.10. The predicted molar refractivity (Wildman–Crippen MR) is 32.1 cm³/mol. The molecule has 0 amide bonds. The molecule has 0 bridgehead atoms. The van der Waals surface area contributed by atoms with Gasteiger partial charge < -0.3 is 9.84 Å². The fourth-order valence-corrected chi connectivity index (χ4v) is 0.209. The van der Waals surface area contributed by atoms with E-state index in [-0.39, 0.29) is 55.5 Å². The summed E-state index contributed by atoms with van der Waals surface area (Å²) >= 11 is 0. The summed E-state index contributed by atoms with van der Waals surface area (Å²) in [5.74, 6) is 0. The number of hydrogen-bond acceptors (Lipinski definition) is 2.